The number of hydrogen-bond acceptors (Lipinski definition) is 5. The second kappa shape index (κ2) is 7.29. The summed E-state index contributed by atoms with van der Waals surface area (Å²) in [6.07, 6.45) is 0.0603. The molecule has 1 aliphatic heterocycles. The molecule has 1 fully saturated rings. The molecule has 0 unspecified atom stereocenters. The van der Waals surface area contributed by atoms with E-state index in [9.17, 15) is 14.7 Å². The highest BCUT2D eigenvalue weighted by Crippen LogP contribution is 2.30. The predicted molar refractivity (Wildman–Crippen MR) is 90.2 cm³/mol. The van der Waals surface area contributed by atoms with Crippen LogP contribution in [-0.4, -0.2) is 52.7 Å². The first-order valence-electron chi connectivity index (χ1n) is 7.35. The molecule has 1 aromatic carbocycles. The Labute approximate surface area is 147 Å². The predicted octanol–water partition coefficient (Wildman–Crippen LogP) is 2.32. The Morgan fingerprint density at radius 1 is 1.42 bits per heavy atom. The van der Waals surface area contributed by atoms with Gasteiger partial charge in [0.2, 0.25) is 5.91 Å². The highest BCUT2D eigenvalue weighted by Gasteiger charge is 2.32. The lowest BCUT2D eigenvalue weighted by atomic mass is 10.2. The number of aliphatic carboxylic acids is 1. The van der Waals surface area contributed by atoms with Gasteiger partial charge in [0.15, 0.2) is 6.04 Å². The third kappa shape index (κ3) is 3.58. The summed E-state index contributed by atoms with van der Waals surface area (Å²) in [6, 6.07) is 6.43. The van der Waals surface area contributed by atoms with Gasteiger partial charge < -0.3 is 14.7 Å². The molecule has 1 amide bonds. The summed E-state index contributed by atoms with van der Waals surface area (Å²) in [5, 5.41) is 12.3. The molecule has 2 aromatic rings. The maximum absolute atomic E-state index is 12.4. The summed E-state index contributed by atoms with van der Waals surface area (Å²) in [5.74, 6) is -1.32. The number of carboxylic acids is 1. The van der Waals surface area contributed by atoms with Crippen molar-refractivity contribution in [2.24, 2.45) is 0 Å². The first kappa shape index (κ1) is 16.9. The van der Waals surface area contributed by atoms with Crippen LogP contribution < -0.4 is 0 Å². The van der Waals surface area contributed by atoms with Crippen molar-refractivity contribution in [1.29, 1.82) is 0 Å². The number of thiazole rings is 1. The van der Waals surface area contributed by atoms with Crippen molar-refractivity contribution in [1.82, 2.24) is 9.88 Å². The van der Waals surface area contributed by atoms with E-state index in [1.54, 1.807) is 11.4 Å². The number of carbonyl (C=O) groups is 2. The van der Waals surface area contributed by atoms with Crippen LogP contribution in [-0.2, 0) is 20.7 Å². The molecule has 1 saturated heterocycles. The summed E-state index contributed by atoms with van der Waals surface area (Å²) in [6.45, 7) is 0.637. The van der Waals surface area contributed by atoms with Crippen molar-refractivity contribution in [3.8, 4) is 10.6 Å². The van der Waals surface area contributed by atoms with E-state index >= 15 is 0 Å². The second-order valence-corrected chi connectivity index (χ2v) is 6.58. The van der Waals surface area contributed by atoms with Crippen LogP contribution in [0.5, 0.6) is 0 Å². The molecule has 1 atom stereocenters. The highest BCUT2D eigenvalue weighted by molar-refractivity contribution is 7.13. The number of carboxylic acid groups (broad SMARTS) is 1. The van der Waals surface area contributed by atoms with Gasteiger partial charge in [-0.1, -0.05) is 29.8 Å². The lowest BCUT2D eigenvalue weighted by Crippen LogP contribution is -2.53. The van der Waals surface area contributed by atoms with Crippen LogP contribution >= 0.6 is 22.9 Å². The number of halogens is 1. The largest absolute Gasteiger partial charge is 0.480 e. The van der Waals surface area contributed by atoms with Crippen LogP contribution in [0.2, 0.25) is 5.02 Å². The van der Waals surface area contributed by atoms with Gasteiger partial charge in [-0.3, -0.25) is 4.79 Å². The molecule has 0 aliphatic carbocycles. The molecule has 0 spiro atoms. The van der Waals surface area contributed by atoms with Crippen LogP contribution in [0, 0.1) is 0 Å². The molecule has 1 N–H and O–H groups in total. The van der Waals surface area contributed by atoms with Crippen LogP contribution in [0.3, 0.4) is 0 Å². The Balaban J connectivity index is 1.73. The Hall–Kier alpha value is -1.96. The number of carbonyl (C=O) groups excluding carboxylic acids is 1. The Morgan fingerprint density at radius 3 is 2.96 bits per heavy atom. The molecule has 0 bridgehead atoms. The molecule has 8 heteroatoms. The first-order valence-corrected chi connectivity index (χ1v) is 8.61. The number of morpholine rings is 1. The topological polar surface area (TPSA) is 79.7 Å². The van der Waals surface area contributed by atoms with Crippen molar-refractivity contribution in [3.05, 3.63) is 40.4 Å². The Bertz CT molecular complexity index is 764. The summed E-state index contributed by atoms with van der Waals surface area (Å²) in [7, 11) is 0. The molecule has 0 saturated carbocycles. The third-order valence-corrected chi connectivity index (χ3v) is 4.98. The number of ether oxygens (including phenoxy) is 1. The normalized spacial score (nSPS) is 17.7. The summed E-state index contributed by atoms with van der Waals surface area (Å²) in [4.78, 5) is 29.5. The third-order valence-electron chi connectivity index (χ3n) is 3.72. The fourth-order valence-corrected chi connectivity index (χ4v) is 3.65. The van der Waals surface area contributed by atoms with Gasteiger partial charge in [-0.25, -0.2) is 9.78 Å². The quantitative estimate of drug-likeness (QED) is 0.898. The van der Waals surface area contributed by atoms with Gasteiger partial charge in [-0.2, -0.15) is 0 Å². The van der Waals surface area contributed by atoms with Gasteiger partial charge in [-0.15, -0.1) is 11.3 Å². The van der Waals surface area contributed by atoms with E-state index < -0.39 is 12.0 Å². The zero-order chi connectivity index (χ0) is 17.1. The molecule has 126 valence electrons. The maximum Gasteiger partial charge on any atom is 0.328 e. The van der Waals surface area contributed by atoms with E-state index in [1.807, 2.05) is 18.2 Å². The lowest BCUT2D eigenvalue weighted by Gasteiger charge is -2.32. The van der Waals surface area contributed by atoms with E-state index in [1.165, 1.54) is 16.2 Å². The summed E-state index contributed by atoms with van der Waals surface area (Å²) in [5.41, 5.74) is 1.42. The number of rotatable bonds is 4. The Kier molecular flexibility index (Phi) is 5.13. The summed E-state index contributed by atoms with van der Waals surface area (Å²) < 4.78 is 5.15. The van der Waals surface area contributed by atoms with Gasteiger partial charge in [0.25, 0.3) is 0 Å². The lowest BCUT2D eigenvalue weighted by molar-refractivity contribution is -0.158. The van der Waals surface area contributed by atoms with Crippen molar-refractivity contribution in [2.75, 3.05) is 19.8 Å². The highest BCUT2D eigenvalue weighted by atomic mass is 35.5. The zero-order valence-corrected chi connectivity index (χ0v) is 14.2. The Morgan fingerprint density at radius 2 is 2.21 bits per heavy atom. The van der Waals surface area contributed by atoms with E-state index in [2.05, 4.69) is 4.98 Å². The molecular formula is C16H15ClN2O4S. The van der Waals surface area contributed by atoms with E-state index in [4.69, 9.17) is 16.3 Å². The molecule has 1 aromatic heterocycles. The molecule has 1 aliphatic rings. The smallest absolute Gasteiger partial charge is 0.328 e. The van der Waals surface area contributed by atoms with Gasteiger partial charge in [0, 0.05) is 17.5 Å². The van der Waals surface area contributed by atoms with Crippen molar-refractivity contribution < 1.29 is 19.4 Å². The van der Waals surface area contributed by atoms with Gasteiger partial charge in [-0.05, 0) is 6.07 Å². The summed E-state index contributed by atoms with van der Waals surface area (Å²) >= 11 is 7.57. The minimum Gasteiger partial charge on any atom is -0.480 e. The maximum atomic E-state index is 12.4. The van der Waals surface area contributed by atoms with E-state index in [0.29, 0.717) is 17.3 Å². The molecule has 6 nitrogen and oxygen atoms in total. The van der Waals surface area contributed by atoms with Gasteiger partial charge in [0.1, 0.15) is 5.01 Å². The molecule has 3 rings (SSSR count). The van der Waals surface area contributed by atoms with Crippen LogP contribution in [0.4, 0.5) is 0 Å². The van der Waals surface area contributed by atoms with E-state index in [0.717, 1.165) is 10.6 Å². The minimum absolute atomic E-state index is 0.0169. The van der Waals surface area contributed by atoms with Crippen LogP contribution in [0.15, 0.2) is 29.6 Å². The van der Waals surface area contributed by atoms with Gasteiger partial charge in [0.05, 0.1) is 30.4 Å². The van der Waals surface area contributed by atoms with E-state index in [-0.39, 0.29) is 25.5 Å². The van der Waals surface area contributed by atoms with Crippen molar-refractivity contribution >= 4 is 34.8 Å². The number of hydrogen-bond donors (Lipinski definition) is 1. The first-order chi connectivity index (χ1) is 11.6. The fourth-order valence-electron chi connectivity index (χ4n) is 2.51. The monoisotopic (exact) mass is 366 g/mol. The molecule has 2 heterocycles. The zero-order valence-electron chi connectivity index (χ0n) is 12.6. The van der Waals surface area contributed by atoms with Gasteiger partial charge >= 0.3 is 5.97 Å². The number of amides is 1. The second-order valence-electron chi connectivity index (χ2n) is 5.32. The SMILES string of the molecule is O=C(O)[C@H]1COCCN1C(=O)Cc1csc(-c2ccccc2Cl)n1. The fraction of sp³-hybridized carbons (Fsp3) is 0.312. The number of benzene rings is 1. The van der Waals surface area contributed by atoms with Crippen molar-refractivity contribution in [3.63, 3.8) is 0 Å². The molecular weight excluding hydrogens is 352 g/mol. The molecule has 0 radical (unpaired) electrons. The van der Waals surface area contributed by atoms with Crippen molar-refractivity contribution in [2.45, 2.75) is 12.5 Å². The average molecular weight is 367 g/mol. The standard InChI is InChI=1S/C16H15ClN2O4S/c17-12-4-2-1-3-11(12)15-18-10(9-24-15)7-14(20)19-5-6-23-8-13(19)16(21)22/h1-4,9,13H,5-8H2,(H,21,22)/t13-/m1/s1. The minimum atomic E-state index is -1.06. The van der Waals surface area contributed by atoms with Crippen LogP contribution in [0.25, 0.3) is 10.6 Å². The average Bonchev–Trinajstić information content (AvgIpc) is 3.03. The van der Waals surface area contributed by atoms with Crippen LogP contribution in [0.1, 0.15) is 5.69 Å². The molecule has 24 heavy (non-hydrogen) atoms. The number of aromatic nitrogens is 1. The number of nitrogens with zero attached hydrogens (tertiary/aromatic N) is 2.